The molecule has 1 atom stereocenters. The Morgan fingerprint density at radius 3 is 2.16 bits per heavy atom. The van der Waals surface area contributed by atoms with Crippen LogP contribution in [0.15, 0.2) is 83.3 Å². The molecule has 11 heteroatoms. The zero-order chi connectivity index (χ0) is 31.0. The SMILES string of the molecule is CN(C)S(=O)(=O)N(CC(=O)N(Cc1ccc(Br)cc1)[C@H](Cc1ccccc1)C(=O)NC1CCCCC1)c1ccccc1F. The lowest BCUT2D eigenvalue weighted by Gasteiger charge is -2.35. The van der Waals surface area contributed by atoms with Crippen LogP contribution in [0.3, 0.4) is 0 Å². The minimum absolute atomic E-state index is 0.00758. The van der Waals surface area contributed by atoms with Crippen molar-refractivity contribution < 1.29 is 22.4 Å². The fourth-order valence-electron chi connectivity index (χ4n) is 5.24. The number of rotatable bonds is 12. The van der Waals surface area contributed by atoms with E-state index in [1.807, 2.05) is 54.6 Å². The first-order valence-corrected chi connectivity index (χ1v) is 16.6. The van der Waals surface area contributed by atoms with Crippen LogP contribution >= 0.6 is 15.9 Å². The highest BCUT2D eigenvalue weighted by Crippen LogP contribution is 2.25. The van der Waals surface area contributed by atoms with Gasteiger partial charge >= 0.3 is 10.2 Å². The molecule has 0 aromatic heterocycles. The van der Waals surface area contributed by atoms with Gasteiger partial charge in [0.25, 0.3) is 0 Å². The molecule has 230 valence electrons. The van der Waals surface area contributed by atoms with Crippen LogP contribution in [0, 0.1) is 5.82 Å². The van der Waals surface area contributed by atoms with Gasteiger partial charge in [0, 0.05) is 37.6 Å². The zero-order valence-electron chi connectivity index (χ0n) is 24.5. The number of para-hydroxylation sites is 1. The van der Waals surface area contributed by atoms with Crippen molar-refractivity contribution in [3.05, 3.63) is 100 Å². The molecule has 4 rings (SSSR count). The van der Waals surface area contributed by atoms with Gasteiger partial charge in [-0.1, -0.05) is 89.8 Å². The minimum Gasteiger partial charge on any atom is -0.352 e. The number of hydrogen-bond acceptors (Lipinski definition) is 4. The van der Waals surface area contributed by atoms with Crippen molar-refractivity contribution in [3.63, 3.8) is 0 Å². The van der Waals surface area contributed by atoms with Crippen molar-refractivity contribution in [1.29, 1.82) is 0 Å². The van der Waals surface area contributed by atoms with Crippen molar-refractivity contribution >= 4 is 43.6 Å². The molecule has 0 unspecified atom stereocenters. The average molecular weight is 674 g/mol. The molecule has 0 saturated heterocycles. The molecule has 1 aliphatic carbocycles. The van der Waals surface area contributed by atoms with Gasteiger partial charge in [0.15, 0.2) is 0 Å². The number of anilines is 1. The summed E-state index contributed by atoms with van der Waals surface area (Å²) < 4.78 is 44.4. The highest BCUT2D eigenvalue weighted by atomic mass is 79.9. The quantitative estimate of drug-likeness (QED) is 0.283. The van der Waals surface area contributed by atoms with E-state index in [9.17, 15) is 22.4 Å². The lowest BCUT2D eigenvalue weighted by Crippen LogP contribution is -2.55. The third-order valence-corrected chi connectivity index (χ3v) is 9.96. The Hall–Kier alpha value is -3.28. The lowest BCUT2D eigenvalue weighted by atomic mass is 9.94. The van der Waals surface area contributed by atoms with Crippen molar-refractivity contribution in [2.24, 2.45) is 0 Å². The van der Waals surface area contributed by atoms with E-state index in [1.54, 1.807) is 0 Å². The molecule has 1 saturated carbocycles. The second-order valence-electron chi connectivity index (χ2n) is 10.9. The minimum atomic E-state index is -4.28. The van der Waals surface area contributed by atoms with Crippen LogP contribution in [0.1, 0.15) is 43.2 Å². The monoisotopic (exact) mass is 672 g/mol. The highest BCUT2D eigenvalue weighted by molar-refractivity contribution is 9.10. The second kappa shape index (κ2) is 14.9. The Bertz CT molecular complexity index is 1480. The van der Waals surface area contributed by atoms with Gasteiger partial charge in [0.1, 0.15) is 18.4 Å². The van der Waals surface area contributed by atoms with Crippen molar-refractivity contribution in [2.75, 3.05) is 24.9 Å². The molecule has 1 N–H and O–H groups in total. The first kappa shape index (κ1) is 32.6. The van der Waals surface area contributed by atoms with Gasteiger partial charge in [-0.15, -0.1) is 0 Å². The van der Waals surface area contributed by atoms with Crippen molar-refractivity contribution in [1.82, 2.24) is 14.5 Å². The third-order valence-electron chi connectivity index (χ3n) is 7.63. The van der Waals surface area contributed by atoms with Gasteiger partial charge in [-0.25, -0.2) is 8.70 Å². The van der Waals surface area contributed by atoms with Crippen LogP contribution in [-0.2, 0) is 32.8 Å². The number of benzene rings is 3. The third kappa shape index (κ3) is 8.64. The summed E-state index contributed by atoms with van der Waals surface area (Å²) in [7, 11) is -1.63. The highest BCUT2D eigenvalue weighted by Gasteiger charge is 2.36. The average Bonchev–Trinajstić information content (AvgIpc) is 3.00. The van der Waals surface area contributed by atoms with Gasteiger partial charge in [0.05, 0.1) is 5.69 Å². The Morgan fingerprint density at radius 2 is 1.53 bits per heavy atom. The van der Waals surface area contributed by atoms with E-state index in [0.717, 1.165) is 62.4 Å². The summed E-state index contributed by atoms with van der Waals surface area (Å²) in [6, 6.07) is 21.3. The Labute approximate surface area is 262 Å². The number of halogens is 2. The van der Waals surface area contributed by atoms with E-state index in [0.29, 0.717) is 0 Å². The summed E-state index contributed by atoms with van der Waals surface area (Å²) in [5, 5.41) is 3.17. The van der Waals surface area contributed by atoms with Crippen LogP contribution in [0.25, 0.3) is 0 Å². The molecule has 8 nitrogen and oxygen atoms in total. The number of nitrogens with zero attached hydrogens (tertiary/aromatic N) is 3. The normalized spacial score (nSPS) is 14.7. The molecule has 0 bridgehead atoms. The zero-order valence-corrected chi connectivity index (χ0v) is 26.9. The molecule has 2 amide bonds. The van der Waals surface area contributed by atoms with E-state index in [4.69, 9.17) is 0 Å². The topological polar surface area (TPSA) is 90.0 Å². The van der Waals surface area contributed by atoms with Crippen LogP contribution < -0.4 is 9.62 Å². The van der Waals surface area contributed by atoms with E-state index >= 15 is 0 Å². The van der Waals surface area contributed by atoms with Gasteiger partial charge < -0.3 is 10.2 Å². The predicted molar refractivity (Wildman–Crippen MR) is 170 cm³/mol. The van der Waals surface area contributed by atoms with E-state index in [2.05, 4.69) is 21.2 Å². The Morgan fingerprint density at radius 1 is 0.907 bits per heavy atom. The molecule has 0 heterocycles. The summed E-state index contributed by atoms with van der Waals surface area (Å²) in [6.45, 7) is -0.644. The fourth-order valence-corrected chi connectivity index (χ4v) is 6.57. The molecule has 3 aromatic carbocycles. The maximum atomic E-state index is 15.0. The summed E-state index contributed by atoms with van der Waals surface area (Å²) in [5.74, 6) is -1.71. The van der Waals surface area contributed by atoms with Gasteiger partial charge in [-0.05, 0) is 48.2 Å². The first-order chi connectivity index (χ1) is 20.6. The maximum absolute atomic E-state index is 15.0. The van der Waals surface area contributed by atoms with E-state index < -0.39 is 34.5 Å². The molecule has 3 aromatic rings. The Kier molecular flexibility index (Phi) is 11.3. The summed E-state index contributed by atoms with van der Waals surface area (Å²) in [5.41, 5.74) is 1.36. The molecule has 0 radical (unpaired) electrons. The Balaban J connectivity index is 1.75. The van der Waals surface area contributed by atoms with Crippen LogP contribution in [0.4, 0.5) is 10.1 Å². The molecule has 0 spiro atoms. The maximum Gasteiger partial charge on any atom is 0.304 e. The van der Waals surface area contributed by atoms with Crippen LogP contribution in [-0.4, -0.2) is 62.2 Å². The molecule has 0 aliphatic heterocycles. The van der Waals surface area contributed by atoms with Gasteiger partial charge in [-0.2, -0.15) is 12.7 Å². The predicted octanol–water partition coefficient (Wildman–Crippen LogP) is 5.29. The fraction of sp³-hybridized carbons (Fsp3) is 0.375. The summed E-state index contributed by atoms with van der Waals surface area (Å²) in [4.78, 5) is 29.7. The van der Waals surface area contributed by atoms with Crippen molar-refractivity contribution in [2.45, 2.75) is 57.2 Å². The number of carbonyl (C=O) groups excluding carboxylic acids is 2. The molecule has 43 heavy (non-hydrogen) atoms. The van der Waals surface area contributed by atoms with Crippen molar-refractivity contribution in [3.8, 4) is 0 Å². The lowest BCUT2D eigenvalue weighted by molar-refractivity contribution is -0.140. The van der Waals surface area contributed by atoms with E-state index in [-0.39, 0.29) is 30.6 Å². The number of nitrogens with one attached hydrogen (secondary N) is 1. The summed E-state index contributed by atoms with van der Waals surface area (Å²) in [6.07, 6.45) is 5.13. The first-order valence-electron chi connectivity index (χ1n) is 14.4. The molecule has 1 fully saturated rings. The molecular weight excluding hydrogens is 635 g/mol. The smallest absolute Gasteiger partial charge is 0.304 e. The number of carbonyl (C=O) groups is 2. The second-order valence-corrected chi connectivity index (χ2v) is 13.9. The van der Waals surface area contributed by atoms with Crippen LogP contribution in [0.5, 0.6) is 0 Å². The number of hydrogen-bond donors (Lipinski definition) is 1. The number of amides is 2. The standard InChI is InChI=1S/C32H38BrFN4O4S/c1-36(2)43(41,42)38(29-16-10-9-15-28(29)34)23-31(39)37(22-25-17-19-26(33)20-18-25)30(21-24-11-5-3-6-12-24)32(40)35-27-13-7-4-8-14-27/h3,5-6,9-12,15-20,27,30H,4,7-8,13-14,21-23H2,1-2H3,(H,35,40)/t30-/m1/s1. The van der Waals surface area contributed by atoms with Gasteiger partial charge in [0.2, 0.25) is 11.8 Å². The largest absolute Gasteiger partial charge is 0.352 e. The van der Waals surface area contributed by atoms with Gasteiger partial charge in [-0.3, -0.25) is 9.59 Å². The molecular formula is C32H38BrFN4O4S. The molecule has 1 aliphatic rings. The summed E-state index contributed by atoms with van der Waals surface area (Å²) >= 11 is 3.43. The van der Waals surface area contributed by atoms with Crippen LogP contribution in [0.2, 0.25) is 0 Å². The van der Waals surface area contributed by atoms with E-state index in [1.165, 1.54) is 37.2 Å².